The summed E-state index contributed by atoms with van der Waals surface area (Å²) >= 11 is 0. The summed E-state index contributed by atoms with van der Waals surface area (Å²) in [5.74, 6) is -0.369. The number of rotatable bonds is 5. The van der Waals surface area contributed by atoms with Gasteiger partial charge in [-0.3, -0.25) is 0 Å². The third kappa shape index (κ3) is 3.60. The molecule has 84 valence electrons. The lowest BCUT2D eigenvalue weighted by Crippen LogP contribution is -2.09. The predicted molar refractivity (Wildman–Crippen MR) is 56.7 cm³/mol. The fourth-order valence-corrected chi connectivity index (χ4v) is 2.57. The van der Waals surface area contributed by atoms with Crippen LogP contribution in [0.25, 0.3) is 0 Å². The summed E-state index contributed by atoms with van der Waals surface area (Å²) in [6.07, 6.45) is 1.22. The summed E-state index contributed by atoms with van der Waals surface area (Å²) in [5, 5.41) is 0. The number of nitrogens with two attached hydrogens (primary N) is 1. The zero-order chi connectivity index (χ0) is 11.3. The standard InChI is InChI=1S/C10H14FNO2S/c11-9-3-5-10(6-4-9)15(13,14)8-2-1-7-12/h3-6H,1-2,7-8,12H2. The molecule has 5 heteroatoms. The monoisotopic (exact) mass is 231 g/mol. The molecule has 0 atom stereocenters. The fraction of sp³-hybridized carbons (Fsp3) is 0.400. The maximum Gasteiger partial charge on any atom is 0.178 e. The van der Waals surface area contributed by atoms with Crippen LogP contribution in [0.2, 0.25) is 0 Å². The largest absolute Gasteiger partial charge is 0.330 e. The molecular weight excluding hydrogens is 217 g/mol. The van der Waals surface area contributed by atoms with E-state index in [0.717, 1.165) is 12.1 Å². The molecule has 1 rings (SSSR count). The van der Waals surface area contributed by atoms with Crippen LogP contribution in [0.15, 0.2) is 29.2 Å². The zero-order valence-electron chi connectivity index (χ0n) is 8.32. The van der Waals surface area contributed by atoms with Crippen LogP contribution in [0.4, 0.5) is 4.39 Å². The lowest BCUT2D eigenvalue weighted by atomic mass is 10.3. The number of sulfone groups is 1. The smallest absolute Gasteiger partial charge is 0.178 e. The summed E-state index contributed by atoms with van der Waals surface area (Å²) in [6, 6.07) is 4.87. The van der Waals surface area contributed by atoms with Crippen molar-refractivity contribution >= 4 is 9.84 Å². The van der Waals surface area contributed by atoms with E-state index in [0.29, 0.717) is 19.4 Å². The van der Waals surface area contributed by atoms with Gasteiger partial charge in [0.1, 0.15) is 5.82 Å². The Morgan fingerprint density at radius 2 is 1.73 bits per heavy atom. The molecule has 1 aromatic rings. The quantitative estimate of drug-likeness (QED) is 0.614. The van der Waals surface area contributed by atoms with Crippen molar-refractivity contribution in [1.29, 1.82) is 0 Å². The van der Waals surface area contributed by atoms with Gasteiger partial charge in [0.05, 0.1) is 10.6 Å². The summed E-state index contributed by atoms with van der Waals surface area (Å²) in [6.45, 7) is 0.485. The Labute approximate surface area is 89.0 Å². The van der Waals surface area contributed by atoms with E-state index in [1.807, 2.05) is 0 Å². The molecule has 0 aliphatic heterocycles. The van der Waals surface area contributed by atoms with Gasteiger partial charge in [0.2, 0.25) is 0 Å². The minimum atomic E-state index is -3.27. The minimum absolute atomic E-state index is 0.0653. The molecule has 0 aromatic heterocycles. The van der Waals surface area contributed by atoms with Crippen molar-refractivity contribution in [1.82, 2.24) is 0 Å². The van der Waals surface area contributed by atoms with Crippen LogP contribution in [0, 0.1) is 5.82 Å². The average Bonchev–Trinajstić information content (AvgIpc) is 2.18. The Balaban J connectivity index is 2.73. The third-order valence-corrected chi connectivity index (χ3v) is 3.86. The first-order valence-corrected chi connectivity index (χ1v) is 6.40. The fourth-order valence-electron chi connectivity index (χ4n) is 1.20. The van der Waals surface area contributed by atoms with Crippen LogP contribution in [0.1, 0.15) is 12.8 Å². The van der Waals surface area contributed by atoms with Gasteiger partial charge in [0, 0.05) is 0 Å². The molecule has 0 saturated heterocycles. The van der Waals surface area contributed by atoms with Crippen molar-refractivity contribution in [2.45, 2.75) is 17.7 Å². The normalized spacial score (nSPS) is 11.6. The van der Waals surface area contributed by atoms with E-state index in [4.69, 9.17) is 5.73 Å². The maximum atomic E-state index is 12.6. The molecule has 0 aliphatic carbocycles. The van der Waals surface area contributed by atoms with Crippen molar-refractivity contribution in [3.05, 3.63) is 30.1 Å². The van der Waals surface area contributed by atoms with Crippen LogP contribution in [0.5, 0.6) is 0 Å². The van der Waals surface area contributed by atoms with Gasteiger partial charge >= 0.3 is 0 Å². The number of hydrogen-bond donors (Lipinski definition) is 1. The van der Waals surface area contributed by atoms with Gasteiger partial charge in [-0.25, -0.2) is 12.8 Å². The van der Waals surface area contributed by atoms with Crippen molar-refractivity contribution in [3.8, 4) is 0 Å². The van der Waals surface area contributed by atoms with Crippen LogP contribution >= 0.6 is 0 Å². The van der Waals surface area contributed by atoms with Gasteiger partial charge in [0.15, 0.2) is 9.84 Å². The van der Waals surface area contributed by atoms with E-state index in [-0.39, 0.29) is 10.6 Å². The van der Waals surface area contributed by atoms with E-state index >= 15 is 0 Å². The van der Waals surface area contributed by atoms with E-state index in [1.165, 1.54) is 12.1 Å². The van der Waals surface area contributed by atoms with E-state index in [2.05, 4.69) is 0 Å². The molecular formula is C10H14FNO2S. The Kier molecular flexibility index (Phi) is 4.23. The second kappa shape index (κ2) is 5.23. The van der Waals surface area contributed by atoms with E-state index in [1.54, 1.807) is 0 Å². The summed E-state index contributed by atoms with van der Waals surface area (Å²) in [7, 11) is -3.27. The zero-order valence-corrected chi connectivity index (χ0v) is 9.13. The molecule has 0 spiro atoms. The van der Waals surface area contributed by atoms with Crippen LogP contribution < -0.4 is 5.73 Å². The highest BCUT2D eigenvalue weighted by Crippen LogP contribution is 2.13. The molecule has 0 aliphatic rings. The molecule has 0 unspecified atom stereocenters. The molecule has 0 radical (unpaired) electrons. The van der Waals surface area contributed by atoms with Gasteiger partial charge in [0.25, 0.3) is 0 Å². The van der Waals surface area contributed by atoms with Gasteiger partial charge in [-0.1, -0.05) is 0 Å². The minimum Gasteiger partial charge on any atom is -0.330 e. The summed E-state index contributed by atoms with van der Waals surface area (Å²) < 4.78 is 35.9. The number of halogens is 1. The van der Waals surface area contributed by atoms with Crippen molar-refractivity contribution < 1.29 is 12.8 Å². The first kappa shape index (κ1) is 12.1. The molecule has 1 aromatic carbocycles. The molecule has 0 fully saturated rings. The van der Waals surface area contributed by atoms with Gasteiger partial charge in [-0.15, -0.1) is 0 Å². The van der Waals surface area contributed by atoms with E-state index < -0.39 is 15.7 Å². The van der Waals surface area contributed by atoms with Gasteiger partial charge < -0.3 is 5.73 Å². The third-order valence-electron chi connectivity index (χ3n) is 2.04. The first-order valence-electron chi connectivity index (χ1n) is 4.74. The molecule has 0 amide bonds. The number of hydrogen-bond acceptors (Lipinski definition) is 3. The maximum absolute atomic E-state index is 12.6. The molecule has 0 saturated carbocycles. The Morgan fingerprint density at radius 1 is 1.13 bits per heavy atom. The Hall–Kier alpha value is -0.940. The van der Waals surface area contributed by atoms with Crippen molar-refractivity contribution in [3.63, 3.8) is 0 Å². The van der Waals surface area contributed by atoms with Crippen LogP contribution in [-0.4, -0.2) is 20.7 Å². The number of unbranched alkanes of at least 4 members (excludes halogenated alkanes) is 1. The van der Waals surface area contributed by atoms with Gasteiger partial charge in [-0.2, -0.15) is 0 Å². The van der Waals surface area contributed by atoms with Crippen molar-refractivity contribution in [2.24, 2.45) is 5.73 Å². The van der Waals surface area contributed by atoms with Crippen molar-refractivity contribution in [2.75, 3.05) is 12.3 Å². The molecule has 15 heavy (non-hydrogen) atoms. The van der Waals surface area contributed by atoms with Gasteiger partial charge in [-0.05, 0) is 43.7 Å². The topological polar surface area (TPSA) is 60.2 Å². The van der Waals surface area contributed by atoms with Crippen LogP contribution in [0.3, 0.4) is 0 Å². The highest BCUT2D eigenvalue weighted by atomic mass is 32.2. The van der Waals surface area contributed by atoms with Crippen LogP contribution in [-0.2, 0) is 9.84 Å². The SMILES string of the molecule is NCCCCS(=O)(=O)c1ccc(F)cc1. The highest BCUT2D eigenvalue weighted by Gasteiger charge is 2.13. The second-order valence-corrected chi connectivity index (χ2v) is 5.38. The predicted octanol–water partition coefficient (Wildman–Crippen LogP) is 1.34. The second-order valence-electron chi connectivity index (χ2n) is 3.27. The molecule has 3 nitrogen and oxygen atoms in total. The lowest BCUT2D eigenvalue weighted by Gasteiger charge is -2.03. The highest BCUT2D eigenvalue weighted by molar-refractivity contribution is 7.91. The summed E-state index contributed by atoms with van der Waals surface area (Å²) in [5.41, 5.74) is 5.27. The lowest BCUT2D eigenvalue weighted by molar-refractivity contribution is 0.590. The molecule has 2 N–H and O–H groups in total. The first-order chi connectivity index (χ1) is 7.06. The Morgan fingerprint density at radius 3 is 2.27 bits per heavy atom. The Bertz CT molecular complexity index is 400. The number of benzene rings is 1. The van der Waals surface area contributed by atoms with E-state index in [9.17, 15) is 12.8 Å². The molecule has 0 bridgehead atoms. The molecule has 0 heterocycles. The average molecular weight is 231 g/mol. The summed E-state index contributed by atoms with van der Waals surface area (Å²) in [4.78, 5) is 0.168.